The number of anilines is 1. The van der Waals surface area contributed by atoms with E-state index in [1.165, 1.54) is 34.2 Å². The summed E-state index contributed by atoms with van der Waals surface area (Å²) < 4.78 is 1.96. The van der Waals surface area contributed by atoms with Crippen molar-refractivity contribution in [2.45, 2.75) is 23.6 Å². The molecular formula is C23H23N5OS3. The van der Waals surface area contributed by atoms with Crippen LogP contribution in [0.15, 0.2) is 65.1 Å². The Morgan fingerprint density at radius 1 is 1.06 bits per heavy atom. The standard InChI is InChI=1S/C23H23N5OS3/c1-16-8-10-17(11-9-16)12-30-14-20-26-27-23(28(20)2)32-15-21(29)25-22-24-19(13-31-22)18-6-4-3-5-7-18/h3-11,13H,12,14-15H2,1-2H3,(H,24,25,29). The molecule has 4 aromatic rings. The van der Waals surface area contributed by atoms with Crippen LogP contribution in [-0.4, -0.2) is 31.4 Å². The van der Waals surface area contributed by atoms with E-state index < -0.39 is 0 Å². The first-order valence-electron chi connectivity index (χ1n) is 10.0. The molecule has 0 aliphatic rings. The third kappa shape index (κ3) is 5.99. The van der Waals surface area contributed by atoms with Gasteiger partial charge in [-0.05, 0) is 12.5 Å². The summed E-state index contributed by atoms with van der Waals surface area (Å²) in [5.74, 6) is 2.74. The largest absolute Gasteiger partial charge is 0.308 e. The fourth-order valence-corrected chi connectivity index (χ4v) is 5.33. The van der Waals surface area contributed by atoms with Crippen molar-refractivity contribution >= 4 is 45.9 Å². The fourth-order valence-electron chi connectivity index (χ4n) is 2.90. The molecule has 0 saturated carbocycles. The summed E-state index contributed by atoms with van der Waals surface area (Å²) in [5.41, 5.74) is 4.46. The molecule has 1 N–H and O–H groups in total. The molecule has 6 nitrogen and oxygen atoms in total. The number of carbonyl (C=O) groups excluding carboxylic acids is 1. The maximum atomic E-state index is 12.4. The molecule has 0 radical (unpaired) electrons. The van der Waals surface area contributed by atoms with Crippen LogP contribution >= 0.6 is 34.9 Å². The van der Waals surface area contributed by atoms with E-state index in [1.807, 2.05) is 47.3 Å². The van der Waals surface area contributed by atoms with Gasteiger partial charge in [-0.2, -0.15) is 0 Å². The first-order valence-corrected chi connectivity index (χ1v) is 13.1. The van der Waals surface area contributed by atoms with Crippen molar-refractivity contribution in [2.75, 3.05) is 11.1 Å². The van der Waals surface area contributed by atoms with Crippen LogP contribution in [0.2, 0.25) is 0 Å². The van der Waals surface area contributed by atoms with Gasteiger partial charge in [0.15, 0.2) is 10.3 Å². The lowest BCUT2D eigenvalue weighted by molar-refractivity contribution is -0.113. The molecule has 0 fully saturated rings. The van der Waals surface area contributed by atoms with Crippen molar-refractivity contribution in [2.24, 2.45) is 7.05 Å². The molecule has 2 heterocycles. The van der Waals surface area contributed by atoms with Crippen LogP contribution in [0.5, 0.6) is 0 Å². The Balaban J connectivity index is 1.25. The second kappa shape index (κ2) is 10.8. The highest BCUT2D eigenvalue weighted by Crippen LogP contribution is 2.25. The zero-order valence-electron chi connectivity index (χ0n) is 17.8. The average molecular weight is 482 g/mol. The maximum Gasteiger partial charge on any atom is 0.236 e. The summed E-state index contributed by atoms with van der Waals surface area (Å²) >= 11 is 4.60. The number of hydrogen-bond acceptors (Lipinski definition) is 7. The molecule has 2 aromatic heterocycles. The van der Waals surface area contributed by atoms with Crippen molar-refractivity contribution < 1.29 is 4.79 Å². The number of thioether (sulfide) groups is 2. The summed E-state index contributed by atoms with van der Waals surface area (Å²) in [4.78, 5) is 16.9. The van der Waals surface area contributed by atoms with Crippen molar-refractivity contribution in [3.63, 3.8) is 0 Å². The first kappa shape index (κ1) is 22.6. The molecule has 1 amide bonds. The Bertz CT molecular complexity index is 1170. The van der Waals surface area contributed by atoms with E-state index in [2.05, 4.69) is 51.7 Å². The lowest BCUT2D eigenvalue weighted by Crippen LogP contribution is -2.14. The van der Waals surface area contributed by atoms with E-state index in [0.717, 1.165) is 33.7 Å². The van der Waals surface area contributed by atoms with Gasteiger partial charge in [-0.25, -0.2) is 4.98 Å². The van der Waals surface area contributed by atoms with Crippen LogP contribution in [0.1, 0.15) is 17.0 Å². The summed E-state index contributed by atoms with van der Waals surface area (Å²) in [6.07, 6.45) is 0. The Labute approximate surface area is 199 Å². The van der Waals surface area contributed by atoms with E-state index in [1.54, 1.807) is 11.8 Å². The van der Waals surface area contributed by atoms with Gasteiger partial charge in [0.05, 0.1) is 17.2 Å². The summed E-state index contributed by atoms with van der Waals surface area (Å²) in [6, 6.07) is 18.5. The molecule has 4 rings (SSSR count). The highest BCUT2D eigenvalue weighted by atomic mass is 32.2. The minimum atomic E-state index is -0.109. The van der Waals surface area contributed by atoms with Gasteiger partial charge in [0, 0.05) is 23.7 Å². The molecule has 0 unspecified atom stereocenters. The van der Waals surface area contributed by atoms with Gasteiger partial charge in [-0.1, -0.05) is 71.9 Å². The van der Waals surface area contributed by atoms with E-state index in [9.17, 15) is 4.79 Å². The Morgan fingerprint density at radius 3 is 2.62 bits per heavy atom. The summed E-state index contributed by atoms with van der Waals surface area (Å²) in [6.45, 7) is 2.09. The quantitative estimate of drug-likeness (QED) is 0.322. The molecule has 164 valence electrons. The Hall–Kier alpha value is -2.62. The van der Waals surface area contributed by atoms with Crippen molar-refractivity contribution in [1.29, 1.82) is 0 Å². The van der Waals surface area contributed by atoms with Gasteiger partial charge in [0.1, 0.15) is 5.82 Å². The van der Waals surface area contributed by atoms with Gasteiger partial charge in [-0.15, -0.1) is 33.3 Å². The normalized spacial score (nSPS) is 10.9. The smallest absolute Gasteiger partial charge is 0.236 e. The molecule has 0 aliphatic carbocycles. The maximum absolute atomic E-state index is 12.4. The number of rotatable bonds is 9. The summed E-state index contributed by atoms with van der Waals surface area (Å²) in [7, 11) is 1.94. The molecule has 0 aliphatic heterocycles. The monoisotopic (exact) mass is 481 g/mol. The van der Waals surface area contributed by atoms with Crippen LogP contribution in [0.25, 0.3) is 11.3 Å². The van der Waals surface area contributed by atoms with E-state index in [4.69, 9.17) is 0 Å². The minimum Gasteiger partial charge on any atom is -0.308 e. The fraction of sp³-hybridized carbons (Fsp3) is 0.217. The third-order valence-corrected chi connectivity index (χ3v) is 7.48. The van der Waals surface area contributed by atoms with Crippen LogP contribution in [0, 0.1) is 6.92 Å². The van der Waals surface area contributed by atoms with Gasteiger partial charge in [0.25, 0.3) is 0 Å². The number of nitrogens with one attached hydrogen (secondary N) is 1. The molecule has 0 atom stereocenters. The van der Waals surface area contributed by atoms with Gasteiger partial charge in [-0.3, -0.25) is 4.79 Å². The van der Waals surface area contributed by atoms with Crippen LogP contribution in [0.3, 0.4) is 0 Å². The van der Waals surface area contributed by atoms with Crippen molar-refractivity contribution in [1.82, 2.24) is 19.7 Å². The lowest BCUT2D eigenvalue weighted by Gasteiger charge is -2.05. The van der Waals surface area contributed by atoms with Crippen LogP contribution in [0.4, 0.5) is 5.13 Å². The van der Waals surface area contributed by atoms with Gasteiger partial charge in [0.2, 0.25) is 5.91 Å². The number of aryl methyl sites for hydroxylation is 1. The number of thiazole rings is 1. The van der Waals surface area contributed by atoms with E-state index in [-0.39, 0.29) is 11.7 Å². The number of nitrogens with zero attached hydrogens (tertiary/aromatic N) is 4. The molecular weight excluding hydrogens is 458 g/mol. The average Bonchev–Trinajstić information content (AvgIpc) is 3.41. The lowest BCUT2D eigenvalue weighted by atomic mass is 10.2. The number of amides is 1. The first-order chi connectivity index (χ1) is 15.6. The third-order valence-electron chi connectivity index (χ3n) is 4.70. The molecule has 9 heteroatoms. The van der Waals surface area contributed by atoms with E-state index >= 15 is 0 Å². The molecule has 2 aromatic carbocycles. The van der Waals surface area contributed by atoms with Crippen LogP contribution in [-0.2, 0) is 23.3 Å². The second-order valence-corrected chi connectivity index (χ2v) is 9.96. The van der Waals surface area contributed by atoms with Crippen molar-refractivity contribution in [3.8, 4) is 11.3 Å². The number of carbonyl (C=O) groups is 1. The van der Waals surface area contributed by atoms with Crippen LogP contribution < -0.4 is 5.32 Å². The Morgan fingerprint density at radius 2 is 1.84 bits per heavy atom. The van der Waals surface area contributed by atoms with Gasteiger partial charge < -0.3 is 9.88 Å². The van der Waals surface area contributed by atoms with Gasteiger partial charge >= 0.3 is 0 Å². The van der Waals surface area contributed by atoms with Crippen molar-refractivity contribution in [3.05, 3.63) is 76.9 Å². The number of benzene rings is 2. The molecule has 0 spiro atoms. The number of hydrogen-bond donors (Lipinski definition) is 1. The molecule has 32 heavy (non-hydrogen) atoms. The van der Waals surface area contributed by atoms with E-state index in [0.29, 0.717) is 5.13 Å². The predicted octanol–water partition coefficient (Wildman–Crippen LogP) is 5.41. The topological polar surface area (TPSA) is 72.7 Å². The highest BCUT2D eigenvalue weighted by molar-refractivity contribution is 7.99. The second-order valence-electron chi connectivity index (χ2n) is 7.18. The number of aromatic nitrogens is 4. The highest BCUT2D eigenvalue weighted by Gasteiger charge is 2.13. The predicted molar refractivity (Wildman–Crippen MR) is 134 cm³/mol. The summed E-state index contributed by atoms with van der Waals surface area (Å²) in [5, 5.41) is 14.7. The zero-order valence-corrected chi connectivity index (χ0v) is 20.3. The SMILES string of the molecule is Cc1ccc(CSCc2nnc(SCC(=O)Nc3nc(-c4ccccc4)cs3)n2C)cc1. The zero-order chi connectivity index (χ0) is 22.3. The minimum absolute atomic E-state index is 0.109. The molecule has 0 bridgehead atoms. The molecule has 0 saturated heterocycles. The Kier molecular flexibility index (Phi) is 7.62.